The standard InChI is InChI=1S/C20H23NO5S/c1-4-26-20(23)17-15-7-5-6-8-16(15)27-19(17)21-18(22)12-9-13(24-2)11-14(10-12)25-3/h9-11H,4-8H2,1-3H3,(H,21,22). The van der Waals surface area contributed by atoms with Crippen LogP contribution in [0.15, 0.2) is 18.2 Å². The SMILES string of the molecule is CCOC(=O)c1c(NC(=O)c2cc(OC)cc(OC)c2)sc2c1CCCC2. The summed E-state index contributed by atoms with van der Waals surface area (Å²) in [5.74, 6) is 0.345. The number of benzene rings is 1. The lowest BCUT2D eigenvalue weighted by molar-refractivity contribution is 0.0526. The lowest BCUT2D eigenvalue weighted by Crippen LogP contribution is -2.16. The summed E-state index contributed by atoms with van der Waals surface area (Å²) in [5.41, 5.74) is 1.91. The maximum atomic E-state index is 12.8. The number of anilines is 1. The number of rotatable bonds is 6. The molecule has 0 bridgehead atoms. The summed E-state index contributed by atoms with van der Waals surface area (Å²) in [4.78, 5) is 26.5. The molecule has 6 nitrogen and oxygen atoms in total. The first-order valence-electron chi connectivity index (χ1n) is 8.93. The molecule has 1 aromatic heterocycles. The number of amides is 1. The van der Waals surface area contributed by atoms with Gasteiger partial charge in [0.05, 0.1) is 26.4 Å². The molecule has 0 saturated carbocycles. The van der Waals surface area contributed by atoms with E-state index < -0.39 is 0 Å². The summed E-state index contributed by atoms with van der Waals surface area (Å²) >= 11 is 1.46. The van der Waals surface area contributed by atoms with E-state index in [2.05, 4.69) is 5.32 Å². The van der Waals surface area contributed by atoms with Crippen molar-refractivity contribution >= 4 is 28.2 Å². The highest BCUT2D eigenvalue weighted by Gasteiger charge is 2.27. The molecular formula is C20H23NO5S. The zero-order chi connectivity index (χ0) is 19.4. The Morgan fingerprint density at radius 2 is 1.74 bits per heavy atom. The number of fused-ring (bicyclic) bond motifs is 1. The Morgan fingerprint density at radius 1 is 1.07 bits per heavy atom. The van der Waals surface area contributed by atoms with Crippen molar-refractivity contribution in [2.45, 2.75) is 32.6 Å². The van der Waals surface area contributed by atoms with Gasteiger partial charge < -0.3 is 19.5 Å². The van der Waals surface area contributed by atoms with Crippen molar-refractivity contribution in [1.82, 2.24) is 0 Å². The Kier molecular flexibility index (Phi) is 6.01. The van der Waals surface area contributed by atoms with Crippen LogP contribution in [0, 0.1) is 0 Å². The molecule has 1 amide bonds. The predicted octanol–water partition coefficient (Wildman–Crippen LogP) is 4.07. The molecule has 27 heavy (non-hydrogen) atoms. The van der Waals surface area contributed by atoms with Crippen LogP contribution in [0.2, 0.25) is 0 Å². The number of methoxy groups -OCH3 is 2. The average Bonchev–Trinajstić information content (AvgIpc) is 3.05. The van der Waals surface area contributed by atoms with Crippen molar-refractivity contribution in [2.24, 2.45) is 0 Å². The molecule has 0 atom stereocenters. The smallest absolute Gasteiger partial charge is 0.341 e. The van der Waals surface area contributed by atoms with Crippen LogP contribution in [-0.2, 0) is 17.6 Å². The second kappa shape index (κ2) is 8.43. The van der Waals surface area contributed by atoms with E-state index in [4.69, 9.17) is 14.2 Å². The van der Waals surface area contributed by atoms with Gasteiger partial charge in [-0.1, -0.05) is 0 Å². The lowest BCUT2D eigenvalue weighted by atomic mass is 9.95. The molecule has 0 saturated heterocycles. The van der Waals surface area contributed by atoms with Gasteiger partial charge in [-0.2, -0.15) is 0 Å². The average molecular weight is 389 g/mol. The molecule has 1 aromatic carbocycles. The van der Waals surface area contributed by atoms with E-state index in [1.807, 2.05) is 0 Å². The monoisotopic (exact) mass is 389 g/mol. The van der Waals surface area contributed by atoms with Crippen molar-refractivity contribution in [3.8, 4) is 11.5 Å². The van der Waals surface area contributed by atoms with E-state index in [1.54, 1.807) is 25.1 Å². The first-order valence-corrected chi connectivity index (χ1v) is 9.75. The van der Waals surface area contributed by atoms with Crippen LogP contribution >= 0.6 is 11.3 Å². The summed E-state index contributed by atoms with van der Waals surface area (Å²) in [5, 5.41) is 3.44. The molecule has 0 unspecified atom stereocenters. The number of carbonyl (C=O) groups is 2. The van der Waals surface area contributed by atoms with Crippen LogP contribution in [-0.4, -0.2) is 32.7 Å². The summed E-state index contributed by atoms with van der Waals surface area (Å²) in [7, 11) is 3.06. The first-order chi connectivity index (χ1) is 13.1. The second-order valence-corrected chi connectivity index (χ2v) is 7.30. The van der Waals surface area contributed by atoms with E-state index in [0.717, 1.165) is 36.1 Å². The first kappa shape index (κ1) is 19.2. The van der Waals surface area contributed by atoms with Gasteiger partial charge in [0.15, 0.2) is 0 Å². The van der Waals surface area contributed by atoms with E-state index in [0.29, 0.717) is 34.2 Å². The summed E-state index contributed by atoms with van der Waals surface area (Å²) < 4.78 is 15.7. The van der Waals surface area contributed by atoms with Gasteiger partial charge in [-0.3, -0.25) is 4.79 Å². The molecule has 2 aromatic rings. The normalized spacial score (nSPS) is 12.9. The highest BCUT2D eigenvalue weighted by Crippen LogP contribution is 2.39. The highest BCUT2D eigenvalue weighted by molar-refractivity contribution is 7.17. The molecule has 1 aliphatic carbocycles. The number of carbonyl (C=O) groups excluding carboxylic acids is 2. The molecule has 0 fully saturated rings. The number of esters is 1. The van der Waals surface area contributed by atoms with Gasteiger partial charge in [-0.15, -0.1) is 11.3 Å². The second-order valence-electron chi connectivity index (χ2n) is 6.19. The fourth-order valence-corrected chi connectivity index (χ4v) is 4.46. The molecule has 3 rings (SSSR count). The van der Waals surface area contributed by atoms with E-state index in [-0.39, 0.29) is 11.9 Å². The van der Waals surface area contributed by atoms with Gasteiger partial charge in [-0.05, 0) is 50.3 Å². The number of aryl methyl sites for hydroxylation is 1. The van der Waals surface area contributed by atoms with Gasteiger partial charge in [0, 0.05) is 16.5 Å². The van der Waals surface area contributed by atoms with Crippen molar-refractivity contribution in [3.05, 3.63) is 39.8 Å². The summed E-state index contributed by atoms with van der Waals surface area (Å²) in [6.45, 7) is 2.07. The molecule has 7 heteroatoms. The number of hydrogen-bond donors (Lipinski definition) is 1. The van der Waals surface area contributed by atoms with Gasteiger partial charge in [0.1, 0.15) is 16.5 Å². The Balaban J connectivity index is 1.94. The maximum absolute atomic E-state index is 12.8. The van der Waals surface area contributed by atoms with Crippen LogP contribution < -0.4 is 14.8 Å². The summed E-state index contributed by atoms with van der Waals surface area (Å²) in [6, 6.07) is 4.97. The third-order valence-corrected chi connectivity index (χ3v) is 5.70. The molecule has 0 radical (unpaired) electrons. The highest BCUT2D eigenvalue weighted by atomic mass is 32.1. The minimum absolute atomic E-state index is 0.296. The van der Waals surface area contributed by atoms with E-state index >= 15 is 0 Å². The number of hydrogen-bond acceptors (Lipinski definition) is 6. The third kappa shape index (κ3) is 4.08. The van der Waals surface area contributed by atoms with Gasteiger partial charge in [0.25, 0.3) is 5.91 Å². The quantitative estimate of drug-likeness (QED) is 0.754. The van der Waals surface area contributed by atoms with E-state index in [1.165, 1.54) is 25.6 Å². The van der Waals surface area contributed by atoms with E-state index in [9.17, 15) is 9.59 Å². The van der Waals surface area contributed by atoms with Crippen LogP contribution in [0.25, 0.3) is 0 Å². The van der Waals surface area contributed by atoms with Gasteiger partial charge in [0.2, 0.25) is 0 Å². The molecule has 1 heterocycles. The fraction of sp³-hybridized carbons (Fsp3) is 0.400. The number of ether oxygens (including phenoxy) is 3. The molecular weight excluding hydrogens is 366 g/mol. The number of nitrogens with one attached hydrogen (secondary N) is 1. The van der Waals surface area contributed by atoms with Crippen molar-refractivity contribution in [3.63, 3.8) is 0 Å². The Hall–Kier alpha value is -2.54. The Bertz CT molecular complexity index is 836. The fourth-order valence-electron chi connectivity index (χ4n) is 3.19. The summed E-state index contributed by atoms with van der Waals surface area (Å²) in [6.07, 6.45) is 3.89. The molecule has 1 N–H and O–H groups in total. The van der Waals surface area contributed by atoms with Gasteiger partial charge in [-0.25, -0.2) is 4.79 Å². The lowest BCUT2D eigenvalue weighted by Gasteiger charge is -2.12. The van der Waals surface area contributed by atoms with Crippen molar-refractivity contribution in [1.29, 1.82) is 0 Å². The molecule has 1 aliphatic rings. The topological polar surface area (TPSA) is 73.9 Å². The Labute approximate surface area is 162 Å². The molecule has 0 spiro atoms. The third-order valence-electron chi connectivity index (χ3n) is 4.49. The predicted molar refractivity (Wildman–Crippen MR) is 104 cm³/mol. The molecule has 0 aliphatic heterocycles. The Morgan fingerprint density at radius 3 is 2.37 bits per heavy atom. The van der Waals surface area contributed by atoms with Crippen LogP contribution in [0.5, 0.6) is 11.5 Å². The van der Waals surface area contributed by atoms with Crippen LogP contribution in [0.1, 0.15) is 50.9 Å². The molecule has 144 valence electrons. The largest absolute Gasteiger partial charge is 0.497 e. The minimum atomic E-state index is -0.379. The number of thiophene rings is 1. The van der Waals surface area contributed by atoms with Crippen LogP contribution in [0.4, 0.5) is 5.00 Å². The van der Waals surface area contributed by atoms with Crippen LogP contribution in [0.3, 0.4) is 0 Å². The van der Waals surface area contributed by atoms with Crippen molar-refractivity contribution in [2.75, 3.05) is 26.1 Å². The maximum Gasteiger partial charge on any atom is 0.341 e. The van der Waals surface area contributed by atoms with Crippen molar-refractivity contribution < 1.29 is 23.8 Å². The zero-order valence-electron chi connectivity index (χ0n) is 15.7. The zero-order valence-corrected chi connectivity index (χ0v) is 16.5. The van der Waals surface area contributed by atoms with Gasteiger partial charge >= 0.3 is 5.97 Å². The minimum Gasteiger partial charge on any atom is -0.497 e.